The zero-order chi connectivity index (χ0) is 19.1. The van der Waals surface area contributed by atoms with Crippen molar-refractivity contribution in [2.24, 2.45) is 0 Å². The smallest absolute Gasteiger partial charge is 0.256 e. The van der Waals surface area contributed by atoms with Crippen LogP contribution < -0.4 is 24.3 Å². The van der Waals surface area contributed by atoms with Gasteiger partial charge in [0.2, 0.25) is 5.75 Å². The van der Waals surface area contributed by atoms with Crippen molar-refractivity contribution in [1.29, 1.82) is 0 Å². The van der Waals surface area contributed by atoms with E-state index >= 15 is 0 Å². The fraction of sp³-hybridized carbons (Fsp3) is 0.250. The molecule has 0 fully saturated rings. The van der Waals surface area contributed by atoms with Crippen LogP contribution in [0.1, 0.15) is 17.3 Å². The number of rotatable bonds is 8. The van der Waals surface area contributed by atoms with E-state index in [1.165, 1.54) is 21.3 Å². The Kier molecular flexibility index (Phi) is 6.49. The van der Waals surface area contributed by atoms with Crippen LogP contribution in [0.25, 0.3) is 0 Å². The number of para-hydroxylation sites is 2. The van der Waals surface area contributed by atoms with Crippen LogP contribution >= 0.6 is 0 Å². The first-order chi connectivity index (χ1) is 12.5. The van der Waals surface area contributed by atoms with E-state index in [2.05, 4.69) is 11.9 Å². The van der Waals surface area contributed by atoms with Crippen molar-refractivity contribution < 1.29 is 23.7 Å². The largest absolute Gasteiger partial charge is 0.493 e. The lowest BCUT2D eigenvalue weighted by atomic mass is 10.1. The van der Waals surface area contributed by atoms with Gasteiger partial charge in [-0.1, -0.05) is 18.7 Å². The molecule has 0 aliphatic rings. The maximum Gasteiger partial charge on any atom is 0.256 e. The first-order valence-corrected chi connectivity index (χ1v) is 7.97. The Bertz CT molecular complexity index is 776. The zero-order valence-corrected chi connectivity index (χ0v) is 15.4. The van der Waals surface area contributed by atoms with Crippen molar-refractivity contribution in [3.05, 3.63) is 54.1 Å². The number of hydrogen-bond acceptors (Lipinski definition) is 5. The lowest BCUT2D eigenvalue weighted by Gasteiger charge is -2.15. The minimum absolute atomic E-state index is 0.323. The summed E-state index contributed by atoms with van der Waals surface area (Å²) in [5.74, 6) is 1.48. The van der Waals surface area contributed by atoms with E-state index in [1.807, 2.05) is 19.1 Å². The second kappa shape index (κ2) is 8.80. The summed E-state index contributed by atoms with van der Waals surface area (Å²) in [6.07, 6.45) is 0. The highest BCUT2D eigenvalue weighted by Crippen LogP contribution is 2.38. The second-order valence-corrected chi connectivity index (χ2v) is 5.61. The van der Waals surface area contributed by atoms with Gasteiger partial charge in [-0.05, 0) is 36.8 Å². The Morgan fingerprint density at radius 3 is 2.15 bits per heavy atom. The number of carbonyl (C=O) groups is 1. The molecule has 0 saturated carbocycles. The fourth-order valence-corrected chi connectivity index (χ4v) is 2.30. The van der Waals surface area contributed by atoms with Gasteiger partial charge in [0.25, 0.3) is 5.91 Å². The number of anilines is 1. The minimum Gasteiger partial charge on any atom is -0.493 e. The highest BCUT2D eigenvalue weighted by atomic mass is 16.5. The van der Waals surface area contributed by atoms with E-state index in [-0.39, 0.29) is 5.91 Å². The van der Waals surface area contributed by atoms with Gasteiger partial charge in [-0.15, -0.1) is 0 Å². The molecule has 2 rings (SSSR count). The molecule has 2 aromatic rings. The van der Waals surface area contributed by atoms with Gasteiger partial charge in [0.1, 0.15) is 12.4 Å². The van der Waals surface area contributed by atoms with Crippen LogP contribution in [-0.4, -0.2) is 33.8 Å². The molecule has 138 valence electrons. The Balaban J connectivity index is 2.29. The molecular weight excluding hydrogens is 334 g/mol. The van der Waals surface area contributed by atoms with E-state index in [1.54, 1.807) is 24.3 Å². The Morgan fingerprint density at radius 1 is 1.00 bits per heavy atom. The predicted molar refractivity (Wildman–Crippen MR) is 101 cm³/mol. The van der Waals surface area contributed by atoms with E-state index in [9.17, 15) is 4.79 Å². The topological polar surface area (TPSA) is 66.0 Å². The molecule has 1 amide bonds. The fourth-order valence-electron chi connectivity index (χ4n) is 2.30. The van der Waals surface area contributed by atoms with E-state index < -0.39 is 0 Å². The Hall–Kier alpha value is -3.15. The van der Waals surface area contributed by atoms with Crippen molar-refractivity contribution in [2.75, 3.05) is 33.3 Å². The highest BCUT2D eigenvalue weighted by molar-refractivity contribution is 6.05. The van der Waals surface area contributed by atoms with Gasteiger partial charge >= 0.3 is 0 Å². The summed E-state index contributed by atoms with van der Waals surface area (Å²) in [6.45, 7) is 6.06. The predicted octanol–water partition coefficient (Wildman–Crippen LogP) is 3.92. The highest BCUT2D eigenvalue weighted by Gasteiger charge is 2.18. The second-order valence-electron chi connectivity index (χ2n) is 5.61. The monoisotopic (exact) mass is 357 g/mol. The van der Waals surface area contributed by atoms with Gasteiger partial charge in [-0.25, -0.2) is 0 Å². The molecule has 0 atom stereocenters. The molecule has 1 N–H and O–H groups in total. The molecule has 0 aliphatic heterocycles. The number of methoxy groups -OCH3 is 3. The normalized spacial score (nSPS) is 10.0. The Morgan fingerprint density at radius 2 is 1.62 bits per heavy atom. The lowest BCUT2D eigenvalue weighted by molar-refractivity contribution is 0.102. The molecule has 0 radical (unpaired) electrons. The summed E-state index contributed by atoms with van der Waals surface area (Å²) in [5, 5.41) is 2.85. The van der Waals surface area contributed by atoms with Gasteiger partial charge in [0.15, 0.2) is 11.5 Å². The van der Waals surface area contributed by atoms with Gasteiger partial charge in [-0.2, -0.15) is 0 Å². The molecule has 0 heterocycles. The Labute approximate surface area is 153 Å². The van der Waals surface area contributed by atoms with E-state index in [0.29, 0.717) is 40.9 Å². The van der Waals surface area contributed by atoms with Crippen molar-refractivity contribution in [3.63, 3.8) is 0 Å². The molecular formula is C20H23NO5. The lowest BCUT2D eigenvalue weighted by Crippen LogP contribution is -2.14. The van der Waals surface area contributed by atoms with Gasteiger partial charge in [0.05, 0.1) is 27.0 Å². The summed E-state index contributed by atoms with van der Waals surface area (Å²) in [6, 6.07) is 10.4. The van der Waals surface area contributed by atoms with Crippen LogP contribution in [0, 0.1) is 0 Å². The third-order valence-corrected chi connectivity index (χ3v) is 3.54. The molecule has 0 unspecified atom stereocenters. The molecule has 0 saturated heterocycles. The SMILES string of the molecule is C=C(C)COc1ccccc1NC(=O)c1cc(OC)c(OC)c(OC)c1. The molecule has 0 bridgehead atoms. The molecule has 6 heteroatoms. The number of amides is 1. The van der Waals surface area contributed by atoms with Crippen LogP contribution in [0.4, 0.5) is 5.69 Å². The first-order valence-electron chi connectivity index (χ1n) is 7.97. The minimum atomic E-state index is -0.323. The van der Waals surface area contributed by atoms with Gasteiger partial charge in [-0.3, -0.25) is 4.79 Å². The molecule has 0 aromatic heterocycles. The third-order valence-electron chi connectivity index (χ3n) is 3.54. The first kappa shape index (κ1) is 19.2. The van der Waals surface area contributed by atoms with E-state index in [0.717, 1.165) is 5.57 Å². The molecule has 2 aromatic carbocycles. The summed E-state index contributed by atoms with van der Waals surface area (Å²) in [7, 11) is 4.51. The van der Waals surface area contributed by atoms with Crippen LogP contribution in [0.2, 0.25) is 0 Å². The molecule has 0 aliphatic carbocycles. The maximum absolute atomic E-state index is 12.7. The molecule has 26 heavy (non-hydrogen) atoms. The van der Waals surface area contributed by atoms with Gasteiger partial charge in [0, 0.05) is 5.56 Å². The van der Waals surface area contributed by atoms with Crippen molar-refractivity contribution in [1.82, 2.24) is 0 Å². The van der Waals surface area contributed by atoms with Crippen molar-refractivity contribution >= 4 is 11.6 Å². The number of ether oxygens (including phenoxy) is 4. The average molecular weight is 357 g/mol. The van der Waals surface area contributed by atoms with Crippen LogP contribution in [0.5, 0.6) is 23.0 Å². The molecule has 6 nitrogen and oxygen atoms in total. The van der Waals surface area contributed by atoms with Gasteiger partial charge < -0.3 is 24.3 Å². The standard InChI is InChI=1S/C20H23NO5/c1-13(2)12-26-16-9-7-6-8-15(16)21-20(22)14-10-17(23-3)19(25-5)18(11-14)24-4/h6-11H,1,12H2,2-5H3,(H,21,22). The number of hydrogen-bond donors (Lipinski definition) is 1. The van der Waals surface area contributed by atoms with Crippen molar-refractivity contribution in [3.8, 4) is 23.0 Å². The zero-order valence-electron chi connectivity index (χ0n) is 15.4. The third kappa shape index (κ3) is 4.47. The van der Waals surface area contributed by atoms with Crippen LogP contribution in [0.15, 0.2) is 48.6 Å². The molecule has 0 spiro atoms. The number of carbonyl (C=O) groups excluding carboxylic acids is 1. The van der Waals surface area contributed by atoms with E-state index in [4.69, 9.17) is 18.9 Å². The average Bonchev–Trinajstić information content (AvgIpc) is 2.65. The maximum atomic E-state index is 12.7. The number of nitrogens with one attached hydrogen (secondary N) is 1. The van der Waals surface area contributed by atoms with Crippen LogP contribution in [0.3, 0.4) is 0 Å². The number of benzene rings is 2. The van der Waals surface area contributed by atoms with Crippen LogP contribution in [-0.2, 0) is 0 Å². The summed E-state index contributed by atoms with van der Waals surface area (Å²) < 4.78 is 21.5. The summed E-state index contributed by atoms with van der Waals surface area (Å²) >= 11 is 0. The quantitative estimate of drug-likeness (QED) is 0.726. The summed E-state index contributed by atoms with van der Waals surface area (Å²) in [4.78, 5) is 12.7. The summed E-state index contributed by atoms with van der Waals surface area (Å²) in [5.41, 5.74) is 1.82. The van der Waals surface area contributed by atoms with Crippen molar-refractivity contribution in [2.45, 2.75) is 6.92 Å².